The van der Waals surface area contributed by atoms with Crippen LogP contribution >= 0.6 is 0 Å². The van der Waals surface area contributed by atoms with Gasteiger partial charge in [0, 0.05) is 19.6 Å². The molecule has 0 bridgehead atoms. The van der Waals surface area contributed by atoms with Gasteiger partial charge in [-0.05, 0) is 45.1 Å². The molecule has 0 radical (unpaired) electrons. The number of hydrogen-bond donors (Lipinski definition) is 2. The lowest BCUT2D eigenvalue weighted by Crippen LogP contribution is -2.39. The molecule has 3 N–H and O–H groups in total. The van der Waals surface area contributed by atoms with Crippen LogP contribution in [0.2, 0.25) is 0 Å². The summed E-state index contributed by atoms with van der Waals surface area (Å²) in [4.78, 5) is 2.47. The van der Waals surface area contributed by atoms with E-state index >= 15 is 0 Å². The molecular formula is C12H26N2O. The van der Waals surface area contributed by atoms with Crippen molar-refractivity contribution >= 4 is 0 Å². The number of rotatable bonds is 8. The topological polar surface area (TPSA) is 49.5 Å². The Kier molecular flexibility index (Phi) is 5.03. The first-order chi connectivity index (χ1) is 7.07. The first-order valence-electron chi connectivity index (χ1n) is 6.22. The molecular weight excluding hydrogens is 188 g/mol. The molecule has 1 atom stereocenters. The largest absolute Gasteiger partial charge is 0.389 e. The van der Waals surface area contributed by atoms with Gasteiger partial charge in [0.1, 0.15) is 0 Å². The highest BCUT2D eigenvalue weighted by Crippen LogP contribution is 2.29. The molecule has 0 aromatic carbocycles. The fourth-order valence-electron chi connectivity index (χ4n) is 1.78. The average molecular weight is 214 g/mol. The smallest absolute Gasteiger partial charge is 0.0753 e. The minimum absolute atomic E-state index is 0.358. The van der Waals surface area contributed by atoms with Crippen LogP contribution in [0, 0.1) is 5.92 Å². The molecule has 1 unspecified atom stereocenters. The molecule has 15 heavy (non-hydrogen) atoms. The third-order valence-electron chi connectivity index (χ3n) is 3.16. The molecule has 0 spiro atoms. The summed E-state index contributed by atoms with van der Waals surface area (Å²) in [5.74, 6) is 0.930. The van der Waals surface area contributed by atoms with E-state index < -0.39 is 5.60 Å². The van der Waals surface area contributed by atoms with Crippen LogP contribution in [0.3, 0.4) is 0 Å². The maximum atomic E-state index is 9.84. The van der Waals surface area contributed by atoms with Gasteiger partial charge in [-0.2, -0.15) is 0 Å². The van der Waals surface area contributed by atoms with Crippen molar-refractivity contribution in [3.8, 4) is 0 Å². The van der Waals surface area contributed by atoms with Gasteiger partial charge in [0.05, 0.1) is 5.60 Å². The normalized spacial score (nSPS) is 20.6. The van der Waals surface area contributed by atoms with Crippen LogP contribution in [0.25, 0.3) is 0 Å². The van der Waals surface area contributed by atoms with Crippen molar-refractivity contribution < 1.29 is 5.11 Å². The molecule has 3 nitrogen and oxygen atoms in total. The standard InChI is InChI=1S/C12H26N2O/c1-3-7-14(9-11-4-5-11)8-6-12(2,15)10-13/h11,15H,3-10,13H2,1-2H3. The fraction of sp³-hybridized carbons (Fsp3) is 1.00. The van der Waals surface area contributed by atoms with Gasteiger partial charge in [0.2, 0.25) is 0 Å². The van der Waals surface area contributed by atoms with Crippen LogP contribution in [0.1, 0.15) is 39.5 Å². The Bertz CT molecular complexity index is 178. The number of hydrogen-bond acceptors (Lipinski definition) is 3. The molecule has 1 aliphatic carbocycles. The van der Waals surface area contributed by atoms with Gasteiger partial charge in [0.25, 0.3) is 0 Å². The van der Waals surface area contributed by atoms with E-state index in [1.807, 2.05) is 6.92 Å². The third-order valence-corrected chi connectivity index (χ3v) is 3.16. The SMILES string of the molecule is CCCN(CCC(C)(O)CN)CC1CC1. The molecule has 1 saturated carbocycles. The van der Waals surface area contributed by atoms with Crippen molar-refractivity contribution in [1.29, 1.82) is 0 Å². The molecule has 90 valence electrons. The lowest BCUT2D eigenvalue weighted by atomic mass is 10.0. The van der Waals surface area contributed by atoms with Crippen LogP contribution in [0.15, 0.2) is 0 Å². The summed E-state index contributed by atoms with van der Waals surface area (Å²) in [6, 6.07) is 0. The number of nitrogens with zero attached hydrogens (tertiary/aromatic N) is 1. The zero-order chi connectivity index (χ0) is 11.3. The lowest BCUT2D eigenvalue weighted by molar-refractivity contribution is 0.0470. The highest BCUT2D eigenvalue weighted by atomic mass is 16.3. The first-order valence-corrected chi connectivity index (χ1v) is 6.22. The lowest BCUT2D eigenvalue weighted by Gasteiger charge is -2.27. The zero-order valence-electron chi connectivity index (χ0n) is 10.2. The van der Waals surface area contributed by atoms with E-state index in [0.717, 1.165) is 25.4 Å². The number of aliphatic hydroxyl groups is 1. The average Bonchev–Trinajstić information content (AvgIpc) is 2.99. The Balaban J connectivity index is 2.23. The monoisotopic (exact) mass is 214 g/mol. The summed E-state index contributed by atoms with van der Waals surface area (Å²) < 4.78 is 0. The minimum Gasteiger partial charge on any atom is -0.389 e. The van der Waals surface area contributed by atoms with E-state index in [9.17, 15) is 5.11 Å². The summed E-state index contributed by atoms with van der Waals surface area (Å²) in [7, 11) is 0. The van der Waals surface area contributed by atoms with Crippen LogP contribution in [0.5, 0.6) is 0 Å². The van der Waals surface area contributed by atoms with Gasteiger partial charge < -0.3 is 15.7 Å². The summed E-state index contributed by atoms with van der Waals surface area (Å²) >= 11 is 0. The van der Waals surface area contributed by atoms with Crippen molar-refractivity contribution in [2.45, 2.75) is 45.1 Å². The zero-order valence-corrected chi connectivity index (χ0v) is 10.2. The van der Waals surface area contributed by atoms with Crippen LogP contribution < -0.4 is 5.73 Å². The van der Waals surface area contributed by atoms with Crippen molar-refractivity contribution in [1.82, 2.24) is 4.90 Å². The highest BCUT2D eigenvalue weighted by Gasteiger charge is 2.25. The minimum atomic E-state index is -0.685. The molecule has 1 rings (SSSR count). The molecule has 0 aromatic rings. The Hall–Kier alpha value is -0.120. The predicted molar refractivity (Wildman–Crippen MR) is 63.8 cm³/mol. The van der Waals surface area contributed by atoms with Crippen molar-refractivity contribution in [3.63, 3.8) is 0 Å². The second-order valence-corrected chi connectivity index (χ2v) is 5.20. The summed E-state index contributed by atoms with van der Waals surface area (Å²) in [5, 5.41) is 9.84. The van der Waals surface area contributed by atoms with Gasteiger partial charge in [-0.3, -0.25) is 0 Å². The Labute approximate surface area is 93.6 Å². The molecule has 1 aliphatic rings. The second-order valence-electron chi connectivity index (χ2n) is 5.20. The Morgan fingerprint density at radius 1 is 1.40 bits per heavy atom. The van der Waals surface area contributed by atoms with E-state index in [0.29, 0.717) is 6.54 Å². The second kappa shape index (κ2) is 5.83. The van der Waals surface area contributed by atoms with E-state index in [-0.39, 0.29) is 0 Å². The van der Waals surface area contributed by atoms with E-state index in [2.05, 4.69) is 11.8 Å². The van der Waals surface area contributed by atoms with Gasteiger partial charge in [0.15, 0.2) is 0 Å². The Morgan fingerprint density at radius 2 is 2.07 bits per heavy atom. The molecule has 0 aliphatic heterocycles. The first kappa shape index (κ1) is 12.9. The van der Waals surface area contributed by atoms with E-state index in [4.69, 9.17) is 5.73 Å². The highest BCUT2D eigenvalue weighted by molar-refractivity contribution is 4.80. The molecule has 1 fully saturated rings. The van der Waals surface area contributed by atoms with E-state index in [1.165, 1.54) is 25.8 Å². The van der Waals surface area contributed by atoms with Gasteiger partial charge in [-0.15, -0.1) is 0 Å². The summed E-state index contributed by atoms with van der Waals surface area (Å²) in [6.07, 6.45) is 4.77. The number of nitrogens with two attached hydrogens (primary N) is 1. The van der Waals surface area contributed by atoms with Gasteiger partial charge in [-0.25, -0.2) is 0 Å². The maximum Gasteiger partial charge on any atom is 0.0753 e. The molecule has 0 amide bonds. The van der Waals surface area contributed by atoms with Crippen molar-refractivity contribution in [3.05, 3.63) is 0 Å². The quantitative estimate of drug-likeness (QED) is 0.638. The predicted octanol–water partition coefficient (Wildman–Crippen LogP) is 1.21. The fourth-order valence-corrected chi connectivity index (χ4v) is 1.78. The molecule has 3 heteroatoms. The van der Waals surface area contributed by atoms with Crippen LogP contribution in [-0.4, -0.2) is 41.8 Å². The molecule has 0 heterocycles. The van der Waals surface area contributed by atoms with Gasteiger partial charge >= 0.3 is 0 Å². The summed E-state index contributed by atoms with van der Waals surface area (Å²) in [6.45, 7) is 7.74. The third kappa shape index (κ3) is 5.50. The summed E-state index contributed by atoms with van der Waals surface area (Å²) in [5.41, 5.74) is 4.83. The van der Waals surface area contributed by atoms with Crippen molar-refractivity contribution in [2.75, 3.05) is 26.2 Å². The van der Waals surface area contributed by atoms with Crippen LogP contribution in [-0.2, 0) is 0 Å². The molecule has 0 aromatic heterocycles. The van der Waals surface area contributed by atoms with Crippen LogP contribution in [0.4, 0.5) is 0 Å². The van der Waals surface area contributed by atoms with E-state index in [1.54, 1.807) is 0 Å². The Morgan fingerprint density at radius 3 is 2.53 bits per heavy atom. The van der Waals surface area contributed by atoms with Gasteiger partial charge in [-0.1, -0.05) is 6.92 Å². The van der Waals surface area contributed by atoms with Crippen molar-refractivity contribution in [2.24, 2.45) is 11.7 Å². The maximum absolute atomic E-state index is 9.84. The molecule has 0 saturated heterocycles.